The van der Waals surface area contributed by atoms with E-state index in [1.807, 2.05) is 0 Å². The summed E-state index contributed by atoms with van der Waals surface area (Å²) in [6.45, 7) is 0.947. The van der Waals surface area contributed by atoms with Crippen molar-refractivity contribution >= 4 is 12.0 Å². The predicted octanol–water partition coefficient (Wildman–Crippen LogP) is 0.106. The smallest absolute Gasteiger partial charge is 0.330 e. The summed E-state index contributed by atoms with van der Waals surface area (Å²) >= 11 is 0. The topological polar surface area (TPSA) is 78.9 Å². The summed E-state index contributed by atoms with van der Waals surface area (Å²) in [6, 6.07) is -1.29. The number of esters is 1. The molecule has 98 valence electrons. The Bertz CT molecular complexity index is 262. The van der Waals surface area contributed by atoms with Crippen molar-refractivity contribution in [2.24, 2.45) is 0 Å². The largest absolute Gasteiger partial charge is 0.467 e. The molecule has 6 nitrogen and oxygen atoms in total. The molecule has 0 radical (unpaired) electrons. The van der Waals surface area contributed by atoms with Crippen molar-refractivity contribution in [2.45, 2.75) is 31.7 Å². The van der Waals surface area contributed by atoms with Crippen LogP contribution in [0.4, 0.5) is 4.79 Å². The molecule has 1 rings (SSSR count). The molecule has 0 aromatic rings. The highest BCUT2D eigenvalue weighted by Crippen LogP contribution is 2.09. The molecule has 0 saturated carbocycles. The van der Waals surface area contributed by atoms with Gasteiger partial charge < -0.3 is 20.1 Å². The average molecular weight is 244 g/mol. The third-order valence-electron chi connectivity index (χ3n) is 2.86. The third kappa shape index (κ3) is 4.22. The molecule has 1 unspecified atom stereocenters. The number of carbonyl (C=O) groups is 2. The second-order valence-corrected chi connectivity index (χ2v) is 4.11. The van der Waals surface area contributed by atoms with E-state index in [1.54, 1.807) is 4.90 Å². The molecule has 6 heteroatoms. The second-order valence-electron chi connectivity index (χ2n) is 4.11. The molecule has 2 N–H and O–H groups in total. The number of nitrogens with one attached hydrogen (secondary N) is 1. The fourth-order valence-electron chi connectivity index (χ4n) is 1.84. The molecule has 1 fully saturated rings. The van der Waals surface area contributed by atoms with Crippen molar-refractivity contribution in [3.8, 4) is 0 Å². The van der Waals surface area contributed by atoms with Crippen LogP contribution >= 0.6 is 0 Å². The predicted molar refractivity (Wildman–Crippen MR) is 61.5 cm³/mol. The summed E-state index contributed by atoms with van der Waals surface area (Å²) in [6.07, 6.45) is 4.22. The number of rotatable bonds is 3. The van der Waals surface area contributed by atoms with Crippen LogP contribution in [0.5, 0.6) is 0 Å². The highest BCUT2D eigenvalue weighted by Gasteiger charge is 2.23. The summed E-state index contributed by atoms with van der Waals surface area (Å²) < 4.78 is 4.48. The number of hydrogen-bond donors (Lipinski definition) is 2. The van der Waals surface area contributed by atoms with Crippen LogP contribution in [0.1, 0.15) is 25.7 Å². The third-order valence-corrected chi connectivity index (χ3v) is 2.86. The maximum absolute atomic E-state index is 11.8. The Balaban J connectivity index is 2.47. The normalized spacial score (nSPS) is 18.1. The van der Waals surface area contributed by atoms with Crippen LogP contribution in [0.25, 0.3) is 0 Å². The number of aliphatic hydroxyl groups excluding tert-OH is 1. The van der Waals surface area contributed by atoms with Gasteiger partial charge in [-0.15, -0.1) is 0 Å². The summed E-state index contributed by atoms with van der Waals surface area (Å²) in [4.78, 5) is 24.7. The van der Waals surface area contributed by atoms with Crippen LogP contribution < -0.4 is 5.32 Å². The van der Waals surface area contributed by atoms with Crippen LogP contribution in [0, 0.1) is 0 Å². The van der Waals surface area contributed by atoms with E-state index in [4.69, 9.17) is 5.11 Å². The van der Waals surface area contributed by atoms with Crippen molar-refractivity contribution in [1.29, 1.82) is 0 Å². The van der Waals surface area contributed by atoms with E-state index in [9.17, 15) is 9.59 Å². The van der Waals surface area contributed by atoms with Gasteiger partial charge in [-0.2, -0.15) is 0 Å². The Morgan fingerprint density at radius 2 is 1.88 bits per heavy atom. The molecule has 17 heavy (non-hydrogen) atoms. The lowest BCUT2D eigenvalue weighted by Gasteiger charge is -2.23. The van der Waals surface area contributed by atoms with Crippen molar-refractivity contribution in [2.75, 3.05) is 26.8 Å². The molecule has 0 aromatic heterocycles. The molecule has 1 saturated heterocycles. The Hall–Kier alpha value is -1.30. The first kappa shape index (κ1) is 13.8. The minimum atomic E-state index is -0.976. The highest BCUT2D eigenvalue weighted by atomic mass is 16.5. The lowest BCUT2D eigenvalue weighted by atomic mass is 10.2. The Morgan fingerprint density at radius 1 is 1.29 bits per heavy atom. The molecule has 0 aromatic carbocycles. The SMILES string of the molecule is COC(=O)C(CO)NC(=O)N1CCCCCC1. The molecular weight excluding hydrogens is 224 g/mol. The molecule has 1 heterocycles. The molecule has 0 spiro atoms. The second kappa shape index (κ2) is 7.11. The van der Waals surface area contributed by atoms with Crippen LogP contribution in [0.15, 0.2) is 0 Å². The van der Waals surface area contributed by atoms with Gasteiger partial charge in [0, 0.05) is 13.1 Å². The number of urea groups is 1. The summed E-state index contributed by atoms with van der Waals surface area (Å²) in [7, 11) is 1.23. The van der Waals surface area contributed by atoms with Gasteiger partial charge >= 0.3 is 12.0 Å². The zero-order chi connectivity index (χ0) is 12.7. The molecule has 0 aliphatic carbocycles. The van der Waals surface area contributed by atoms with E-state index < -0.39 is 18.6 Å². The molecule has 1 aliphatic heterocycles. The van der Waals surface area contributed by atoms with Crippen molar-refractivity contribution in [3.63, 3.8) is 0 Å². The molecule has 2 amide bonds. The minimum absolute atomic E-state index is 0.309. The zero-order valence-corrected chi connectivity index (χ0v) is 10.1. The molecule has 0 bridgehead atoms. The maximum Gasteiger partial charge on any atom is 0.330 e. The highest BCUT2D eigenvalue weighted by molar-refractivity contribution is 5.83. The number of ether oxygens (including phenoxy) is 1. The van der Waals surface area contributed by atoms with Gasteiger partial charge in [-0.25, -0.2) is 9.59 Å². The molecule has 1 aliphatic rings. The van der Waals surface area contributed by atoms with Gasteiger partial charge in [-0.05, 0) is 12.8 Å². The van der Waals surface area contributed by atoms with E-state index in [1.165, 1.54) is 7.11 Å². The van der Waals surface area contributed by atoms with E-state index in [0.717, 1.165) is 25.7 Å². The number of carbonyl (C=O) groups excluding carboxylic acids is 2. The fourth-order valence-corrected chi connectivity index (χ4v) is 1.84. The quantitative estimate of drug-likeness (QED) is 0.690. The number of methoxy groups -OCH3 is 1. The summed E-state index contributed by atoms with van der Waals surface area (Å²) in [5, 5.41) is 11.5. The Morgan fingerprint density at radius 3 is 2.35 bits per heavy atom. The number of likely N-dealkylation sites (tertiary alicyclic amines) is 1. The standard InChI is InChI=1S/C11H20N2O4/c1-17-10(15)9(8-14)12-11(16)13-6-4-2-3-5-7-13/h9,14H,2-8H2,1H3,(H,12,16). The lowest BCUT2D eigenvalue weighted by molar-refractivity contribution is -0.143. The molecule has 1 atom stereocenters. The first-order chi connectivity index (χ1) is 8.19. The van der Waals surface area contributed by atoms with Crippen LogP contribution in [-0.4, -0.2) is 54.9 Å². The Kier molecular flexibility index (Phi) is 5.76. The number of nitrogens with zero attached hydrogens (tertiary/aromatic N) is 1. The van der Waals surface area contributed by atoms with E-state index in [2.05, 4.69) is 10.1 Å². The van der Waals surface area contributed by atoms with Crippen molar-refractivity contribution < 1.29 is 19.4 Å². The van der Waals surface area contributed by atoms with E-state index >= 15 is 0 Å². The van der Waals surface area contributed by atoms with Crippen molar-refractivity contribution in [1.82, 2.24) is 10.2 Å². The minimum Gasteiger partial charge on any atom is -0.467 e. The summed E-state index contributed by atoms with van der Waals surface area (Å²) in [5.74, 6) is -0.629. The van der Waals surface area contributed by atoms with Crippen molar-refractivity contribution in [3.05, 3.63) is 0 Å². The van der Waals surface area contributed by atoms with Crippen LogP contribution in [0.2, 0.25) is 0 Å². The number of amides is 2. The zero-order valence-electron chi connectivity index (χ0n) is 10.1. The first-order valence-electron chi connectivity index (χ1n) is 5.93. The fraction of sp³-hybridized carbons (Fsp3) is 0.818. The number of hydrogen-bond acceptors (Lipinski definition) is 4. The van der Waals surface area contributed by atoms with Gasteiger partial charge in [0.1, 0.15) is 0 Å². The first-order valence-corrected chi connectivity index (χ1v) is 5.93. The molecular formula is C11H20N2O4. The van der Waals surface area contributed by atoms with Gasteiger partial charge in [0.05, 0.1) is 13.7 Å². The van der Waals surface area contributed by atoms with E-state index in [0.29, 0.717) is 13.1 Å². The Labute approximate surface area is 101 Å². The van der Waals surface area contributed by atoms with Gasteiger partial charge in [0.15, 0.2) is 6.04 Å². The van der Waals surface area contributed by atoms with Gasteiger partial charge in [-0.1, -0.05) is 12.8 Å². The monoisotopic (exact) mass is 244 g/mol. The van der Waals surface area contributed by atoms with Gasteiger partial charge in [0.2, 0.25) is 0 Å². The van der Waals surface area contributed by atoms with Gasteiger partial charge in [0.25, 0.3) is 0 Å². The maximum atomic E-state index is 11.8. The average Bonchev–Trinajstić information content (AvgIpc) is 2.63. The van der Waals surface area contributed by atoms with Gasteiger partial charge in [-0.3, -0.25) is 0 Å². The van der Waals surface area contributed by atoms with E-state index in [-0.39, 0.29) is 6.03 Å². The number of aliphatic hydroxyl groups is 1. The lowest BCUT2D eigenvalue weighted by Crippen LogP contribution is -2.50. The summed E-state index contributed by atoms with van der Waals surface area (Å²) in [5.41, 5.74) is 0. The van der Waals surface area contributed by atoms with Crippen LogP contribution in [0.3, 0.4) is 0 Å². The van der Waals surface area contributed by atoms with Crippen LogP contribution in [-0.2, 0) is 9.53 Å².